The van der Waals surface area contributed by atoms with Crippen LogP contribution in [0.2, 0.25) is 0 Å². The average Bonchev–Trinajstić information content (AvgIpc) is 2.17. The highest BCUT2D eigenvalue weighted by molar-refractivity contribution is 5.77. The highest BCUT2D eigenvalue weighted by Gasteiger charge is 2.23. The maximum absolute atomic E-state index is 11.6. The van der Waals surface area contributed by atoms with Gasteiger partial charge < -0.3 is 4.74 Å². The number of aryl methyl sites for hydroxylation is 1. The third-order valence-corrected chi connectivity index (χ3v) is 2.15. The van der Waals surface area contributed by atoms with Gasteiger partial charge in [0.1, 0.15) is 5.75 Å². The number of rotatable bonds is 2. The molecule has 0 heterocycles. The molecular formula is C13H18O2. The molecule has 0 unspecified atom stereocenters. The van der Waals surface area contributed by atoms with E-state index in [-0.39, 0.29) is 5.97 Å². The number of benzene rings is 1. The first-order valence-electron chi connectivity index (χ1n) is 5.24. The van der Waals surface area contributed by atoms with Gasteiger partial charge in [-0.1, -0.05) is 19.1 Å². The van der Waals surface area contributed by atoms with E-state index in [1.54, 1.807) is 0 Å². The van der Waals surface area contributed by atoms with Crippen LogP contribution in [0, 0.1) is 5.41 Å². The van der Waals surface area contributed by atoms with Crippen molar-refractivity contribution >= 4 is 5.97 Å². The van der Waals surface area contributed by atoms with E-state index in [4.69, 9.17) is 4.74 Å². The molecule has 0 radical (unpaired) electrons. The quantitative estimate of drug-likeness (QED) is 0.548. The predicted molar refractivity (Wildman–Crippen MR) is 60.9 cm³/mol. The summed E-state index contributed by atoms with van der Waals surface area (Å²) in [6.07, 6.45) is 0.994. The van der Waals surface area contributed by atoms with Gasteiger partial charge in [-0.15, -0.1) is 0 Å². The van der Waals surface area contributed by atoms with Gasteiger partial charge in [0, 0.05) is 0 Å². The zero-order valence-corrected chi connectivity index (χ0v) is 9.83. The fraction of sp³-hybridized carbons (Fsp3) is 0.462. The van der Waals surface area contributed by atoms with Gasteiger partial charge in [-0.05, 0) is 44.9 Å². The van der Waals surface area contributed by atoms with E-state index in [2.05, 4.69) is 6.92 Å². The molecule has 1 aromatic rings. The molecule has 1 rings (SSSR count). The highest BCUT2D eigenvalue weighted by Crippen LogP contribution is 2.19. The molecule has 0 aromatic heterocycles. The molecule has 0 aliphatic heterocycles. The van der Waals surface area contributed by atoms with Crippen LogP contribution in [-0.2, 0) is 11.2 Å². The van der Waals surface area contributed by atoms with Crippen molar-refractivity contribution in [1.82, 2.24) is 0 Å². The van der Waals surface area contributed by atoms with Crippen LogP contribution in [0.25, 0.3) is 0 Å². The Morgan fingerprint density at radius 2 is 1.73 bits per heavy atom. The Hall–Kier alpha value is -1.31. The molecule has 0 amide bonds. The summed E-state index contributed by atoms with van der Waals surface area (Å²) in [4.78, 5) is 11.6. The lowest BCUT2D eigenvalue weighted by molar-refractivity contribution is -0.142. The van der Waals surface area contributed by atoms with E-state index in [1.807, 2.05) is 45.0 Å². The first-order chi connectivity index (χ1) is 6.93. The van der Waals surface area contributed by atoms with Crippen molar-refractivity contribution in [3.05, 3.63) is 29.8 Å². The van der Waals surface area contributed by atoms with Crippen molar-refractivity contribution in [1.29, 1.82) is 0 Å². The monoisotopic (exact) mass is 206 g/mol. The molecule has 0 spiro atoms. The summed E-state index contributed by atoms with van der Waals surface area (Å²) >= 11 is 0. The lowest BCUT2D eigenvalue weighted by Gasteiger charge is -2.16. The summed E-state index contributed by atoms with van der Waals surface area (Å²) in [6.45, 7) is 7.62. The lowest BCUT2D eigenvalue weighted by Crippen LogP contribution is -2.25. The molecule has 82 valence electrons. The molecule has 0 aliphatic carbocycles. The number of hydrogen-bond acceptors (Lipinski definition) is 2. The number of ether oxygens (including phenoxy) is 1. The zero-order chi connectivity index (χ0) is 11.5. The van der Waals surface area contributed by atoms with Crippen molar-refractivity contribution in [3.8, 4) is 5.75 Å². The van der Waals surface area contributed by atoms with E-state index in [9.17, 15) is 4.79 Å². The van der Waals surface area contributed by atoms with E-state index >= 15 is 0 Å². The third-order valence-electron chi connectivity index (χ3n) is 2.15. The molecule has 2 heteroatoms. The molecule has 0 saturated carbocycles. The molecule has 0 aliphatic rings. The zero-order valence-electron chi connectivity index (χ0n) is 9.83. The molecule has 1 aromatic carbocycles. The fourth-order valence-corrected chi connectivity index (χ4v) is 1.05. The maximum Gasteiger partial charge on any atom is 0.316 e. The first kappa shape index (κ1) is 11.8. The number of carbonyl (C=O) groups is 1. The second-order valence-electron chi connectivity index (χ2n) is 4.64. The van der Waals surface area contributed by atoms with Gasteiger partial charge in [0.2, 0.25) is 0 Å². The van der Waals surface area contributed by atoms with Crippen LogP contribution in [-0.4, -0.2) is 5.97 Å². The Kier molecular flexibility index (Phi) is 3.51. The van der Waals surface area contributed by atoms with E-state index in [0.717, 1.165) is 6.42 Å². The van der Waals surface area contributed by atoms with Crippen LogP contribution >= 0.6 is 0 Å². The van der Waals surface area contributed by atoms with E-state index in [1.165, 1.54) is 5.56 Å². The molecule has 0 fully saturated rings. The average molecular weight is 206 g/mol. The summed E-state index contributed by atoms with van der Waals surface area (Å²) in [5.41, 5.74) is 0.786. The molecule has 0 atom stereocenters. The Morgan fingerprint density at radius 3 is 2.13 bits per heavy atom. The Balaban J connectivity index is 2.70. The summed E-state index contributed by atoms with van der Waals surface area (Å²) in [5, 5.41) is 0. The Bertz CT molecular complexity index is 331. The molecule has 2 nitrogen and oxygen atoms in total. The maximum atomic E-state index is 11.6. The van der Waals surface area contributed by atoms with Gasteiger partial charge in [0.25, 0.3) is 0 Å². The van der Waals surface area contributed by atoms with E-state index < -0.39 is 5.41 Å². The van der Waals surface area contributed by atoms with Crippen molar-refractivity contribution in [2.24, 2.45) is 5.41 Å². The van der Waals surface area contributed by atoms with Gasteiger partial charge in [-0.3, -0.25) is 4.79 Å². The molecule has 0 saturated heterocycles. The topological polar surface area (TPSA) is 26.3 Å². The highest BCUT2D eigenvalue weighted by atomic mass is 16.5. The van der Waals surface area contributed by atoms with Crippen molar-refractivity contribution in [2.45, 2.75) is 34.1 Å². The number of esters is 1. The first-order valence-corrected chi connectivity index (χ1v) is 5.24. The number of carbonyl (C=O) groups excluding carboxylic acids is 1. The van der Waals surface area contributed by atoms with Crippen LogP contribution in [0.1, 0.15) is 33.3 Å². The van der Waals surface area contributed by atoms with Gasteiger partial charge >= 0.3 is 5.97 Å². The molecular weight excluding hydrogens is 188 g/mol. The summed E-state index contributed by atoms with van der Waals surface area (Å²) < 4.78 is 5.24. The third kappa shape index (κ3) is 3.39. The van der Waals surface area contributed by atoms with Gasteiger partial charge in [0.05, 0.1) is 5.41 Å². The fourth-order valence-electron chi connectivity index (χ4n) is 1.05. The predicted octanol–water partition coefficient (Wildman–Crippen LogP) is 3.20. The lowest BCUT2D eigenvalue weighted by atomic mass is 9.97. The van der Waals surface area contributed by atoms with Crippen molar-refractivity contribution < 1.29 is 9.53 Å². The van der Waals surface area contributed by atoms with Gasteiger partial charge in [0.15, 0.2) is 0 Å². The standard InChI is InChI=1S/C13H18O2/c1-5-10-6-8-11(9-7-10)15-12(14)13(2,3)4/h6-9H,5H2,1-4H3. The van der Waals surface area contributed by atoms with Gasteiger partial charge in [-0.2, -0.15) is 0 Å². The van der Waals surface area contributed by atoms with Crippen LogP contribution < -0.4 is 4.74 Å². The Morgan fingerprint density at radius 1 is 1.20 bits per heavy atom. The van der Waals surface area contributed by atoms with Crippen molar-refractivity contribution in [3.63, 3.8) is 0 Å². The smallest absolute Gasteiger partial charge is 0.316 e. The minimum Gasteiger partial charge on any atom is -0.426 e. The van der Waals surface area contributed by atoms with Crippen LogP contribution in [0.4, 0.5) is 0 Å². The minimum atomic E-state index is -0.455. The Labute approximate surface area is 91.3 Å². The van der Waals surface area contributed by atoms with Crippen LogP contribution in [0.5, 0.6) is 5.75 Å². The molecule has 15 heavy (non-hydrogen) atoms. The summed E-state index contributed by atoms with van der Waals surface area (Å²) in [6, 6.07) is 7.63. The molecule has 0 N–H and O–H groups in total. The largest absolute Gasteiger partial charge is 0.426 e. The molecule has 0 bridgehead atoms. The second kappa shape index (κ2) is 4.47. The number of hydrogen-bond donors (Lipinski definition) is 0. The minimum absolute atomic E-state index is 0.202. The van der Waals surface area contributed by atoms with Gasteiger partial charge in [-0.25, -0.2) is 0 Å². The summed E-state index contributed by atoms with van der Waals surface area (Å²) in [5.74, 6) is 0.416. The van der Waals surface area contributed by atoms with E-state index in [0.29, 0.717) is 5.75 Å². The SMILES string of the molecule is CCc1ccc(OC(=O)C(C)(C)C)cc1. The van der Waals surface area contributed by atoms with Crippen LogP contribution in [0.15, 0.2) is 24.3 Å². The van der Waals surface area contributed by atoms with Crippen molar-refractivity contribution in [2.75, 3.05) is 0 Å². The summed E-state index contributed by atoms with van der Waals surface area (Å²) in [7, 11) is 0. The normalized spacial score (nSPS) is 11.2. The van der Waals surface area contributed by atoms with Crippen LogP contribution in [0.3, 0.4) is 0 Å². The second-order valence-corrected chi connectivity index (χ2v) is 4.64.